The van der Waals surface area contributed by atoms with Crippen molar-refractivity contribution in [1.82, 2.24) is 24.8 Å². The largest absolute Gasteiger partial charge is 0.387 e. The minimum absolute atomic E-state index is 0.402. The summed E-state index contributed by atoms with van der Waals surface area (Å²) in [6, 6.07) is 0. The number of amides is 1. The molecule has 2 aromatic rings. The van der Waals surface area contributed by atoms with Gasteiger partial charge in [-0.1, -0.05) is 0 Å². The molecule has 24 heavy (non-hydrogen) atoms. The lowest BCUT2D eigenvalue weighted by molar-refractivity contribution is -0.137. The van der Waals surface area contributed by atoms with Gasteiger partial charge in [0, 0.05) is 13.1 Å². The van der Waals surface area contributed by atoms with Crippen molar-refractivity contribution in [2.75, 3.05) is 18.4 Å². The average molecular weight is 336 g/mol. The highest BCUT2D eigenvalue weighted by atomic mass is 16.6. The van der Waals surface area contributed by atoms with Gasteiger partial charge in [-0.05, 0) is 13.8 Å². The first-order valence-corrected chi connectivity index (χ1v) is 7.79. The van der Waals surface area contributed by atoms with Crippen LogP contribution in [0.2, 0.25) is 0 Å². The van der Waals surface area contributed by atoms with E-state index in [2.05, 4.69) is 25.6 Å². The topological polar surface area (TPSA) is 134 Å². The van der Waals surface area contributed by atoms with Crippen molar-refractivity contribution in [3.05, 3.63) is 12.7 Å². The van der Waals surface area contributed by atoms with Gasteiger partial charge in [-0.25, -0.2) is 15.0 Å². The molecule has 1 fully saturated rings. The van der Waals surface area contributed by atoms with Gasteiger partial charge in [0.2, 0.25) is 0 Å². The van der Waals surface area contributed by atoms with Crippen LogP contribution in [-0.2, 0) is 9.53 Å². The molecule has 4 N–H and O–H groups in total. The summed E-state index contributed by atoms with van der Waals surface area (Å²) in [4.78, 5) is 24.5. The number of ether oxygens (including phenoxy) is 1. The number of fused-ring (bicyclic) bond motifs is 1. The third kappa shape index (κ3) is 2.68. The molecule has 3 rings (SSSR count). The van der Waals surface area contributed by atoms with E-state index in [0.29, 0.717) is 30.1 Å². The molecule has 0 aliphatic carbocycles. The van der Waals surface area contributed by atoms with Crippen LogP contribution in [0.4, 0.5) is 5.82 Å². The van der Waals surface area contributed by atoms with Crippen LogP contribution >= 0.6 is 0 Å². The molecule has 0 spiro atoms. The van der Waals surface area contributed by atoms with E-state index >= 15 is 0 Å². The van der Waals surface area contributed by atoms with E-state index in [1.165, 1.54) is 17.2 Å². The molecule has 0 unspecified atom stereocenters. The standard InChI is InChI=1S/C14H20N6O4/c1-3-15-11-7-12(18-5-17-11)20(6-19-7)14-9(22)8(21)10(24-14)13(23)16-4-2/h5-6,8-10,14,21-22H,3-4H2,1-2H3,(H,16,23)(H,15,17,18)/t8-,9+,10-,14+/m0/s1. The summed E-state index contributed by atoms with van der Waals surface area (Å²) in [5.74, 6) is 0.0912. The maximum atomic E-state index is 12.0. The van der Waals surface area contributed by atoms with E-state index in [1.807, 2.05) is 6.92 Å². The molecule has 1 saturated heterocycles. The molecule has 3 heterocycles. The average Bonchev–Trinajstić information content (AvgIpc) is 3.11. The molecular weight excluding hydrogens is 316 g/mol. The molecule has 130 valence electrons. The molecule has 0 bridgehead atoms. The zero-order valence-corrected chi connectivity index (χ0v) is 13.4. The second kappa shape index (κ2) is 6.67. The number of hydrogen-bond donors (Lipinski definition) is 4. The van der Waals surface area contributed by atoms with Gasteiger partial charge in [-0.3, -0.25) is 9.36 Å². The smallest absolute Gasteiger partial charge is 0.252 e. The Labute approximate surface area is 137 Å². The number of carbonyl (C=O) groups excluding carboxylic acids is 1. The molecule has 2 aromatic heterocycles. The number of imidazole rings is 1. The fourth-order valence-corrected chi connectivity index (χ4v) is 2.72. The van der Waals surface area contributed by atoms with Gasteiger partial charge in [-0.2, -0.15) is 0 Å². The fraction of sp³-hybridized carbons (Fsp3) is 0.571. The normalized spacial score (nSPS) is 26.7. The predicted molar refractivity (Wildman–Crippen MR) is 84.1 cm³/mol. The van der Waals surface area contributed by atoms with Crippen molar-refractivity contribution < 1.29 is 19.7 Å². The van der Waals surface area contributed by atoms with Crippen LogP contribution in [0.15, 0.2) is 12.7 Å². The Morgan fingerprint density at radius 2 is 2.04 bits per heavy atom. The lowest BCUT2D eigenvalue weighted by Gasteiger charge is -2.16. The molecule has 0 saturated carbocycles. The highest BCUT2D eigenvalue weighted by Gasteiger charge is 2.47. The van der Waals surface area contributed by atoms with E-state index in [0.717, 1.165) is 0 Å². The minimum atomic E-state index is -1.34. The number of likely N-dealkylation sites (N-methyl/N-ethyl adjacent to an activating group) is 1. The molecule has 1 aliphatic heterocycles. The van der Waals surface area contributed by atoms with Crippen LogP contribution in [-0.4, -0.2) is 67.0 Å². The summed E-state index contributed by atoms with van der Waals surface area (Å²) in [6.07, 6.45) is -1.93. The van der Waals surface area contributed by atoms with E-state index in [-0.39, 0.29) is 0 Å². The summed E-state index contributed by atoms with van der Waals surface area (Å²) in [5.41, 5.74) is 0.958. The summed E-state index contributed by atoms with van der Waals surface area (Å²) in [7, 11) is 0. The molecular formula is C14H20N6O4. The fourth-order valence-electron chi connectivity index (χ4n) is 2.72. The van der Waals surface area contributed by atoms with Gasteiger partial charge in [0.25, 0.3) is 5.91 Å². The summed E-state index contributed by atoms with van der Waals surface area (Å²) < 4.78 is 7.07. The highest BCUT2D eigenvalue weighted by Crippen LogP contribution is 2.32. The van der Waals surface area contributed by atoms with Gasteiger partial charge >= 0.3 is 0 Å². The molecule has 4 atom stereocenters. The van der Waals surface area contributed by atoms with Gasteiger partial charge in [0.15, 0.2) is 29.3 Å². The number of nitrogens with one attached hydrogen (secondary N) is 2. The maximum absolute atomic E-state index is 12.0. The summed E-state index contributed by atoms with van der Waals surface area (Å²) in [6.45, 7) is 4.76. The summed E-state index contributed by atoms with van der Waals surface area (Å²) in [5, 5.41) is 26.1. The first-order valence-electron chi connectivity index (χ1n) is 7.79. The third-order valence-corrected chi connectivity index (χ3v) is 3.82. The van der Waals surface area contributed by atoms with E-state index < -0.39 is 30.4 Å². The van der Waals surface area contributed by atoms with Crippen molar-refractivity contribution in [3.63, 3.8) is 0 Å². The molecule has 0 aromatic carbocycles. The van der Waals surface area contributed by atoms with E-state index in [4.69, 9.17) is 4.74 Å². The van der Waals surface area contributed by atoms with Crippen LogP contribution in [0.5, 0.6) is 0 Å². The molecule has 10 heteroatoms. The number of aliphatic hydroxyl groups is 2. The number of aliphatic hydroxyl groups excluding tert-OH is 2. The van der Waals surface area contributed by atoms with E-state index in [1.54, 1.807) is 6.92 Å². The molecule has 1 aliphatic rings. The van der Waals surface area contributed by atoms with Crippen LogP contribution in [0, 0.1) is 0 Å². The number of aromatic nitrogens is 4. The number of carbonyl (C=O) groups is 1. The second-order valence-electron chi connectivity index (χ2n) is 5.40. The zero-order valence-electron chi connectivity index (χ0n) is 13.4. The van der Waals surface area contributed by atoms with Gasteiger partial charge in [0.05, 0.1) is 6.33 Å². The number of anilines is 1. The monoisotopic (exact) mass is 336 g/mol. The van der Waals surface area contributed by atoms with E-state index in [9.17, 15) is 15.0 Å². The minimum Gasteiger partial charge on any atom is -0.387 e. The van der Waals surface area contributed by atoms with Gasteiger partial charge in [0.1, 0.15) is 18.5 Å². The molecule has 1 amide bonds. The van der Waals surface area contributed by atoms with Crippen LogP contribution < -0.4 is 10.6 Å². The Kier molecular flexibility index (Phi) is 4.60. The van der Waals surface area contributed by atoms with Gasteiger partial charge < -0.3 is 25.6 Å². The zero-order chi connectivity index (χ0) is 17.3. The predicted octanol–water partition coefficient (Wildman–Crippen LogP) is -0.987. The number of rotatable bonds is 5. The van der Waals surface area contributed by atoms with Crippen molar-refractivity contribution in [2.24, 2.45) is 0 Å². The maximum Gasteiger partial charge on any atom is 0.252 e. The first-order chi connectivity index (χ1) is 11.6. The Hall–Kier alpha value is -2.30. The quantitative estimate of drug-likeness (QED) is 0.547. The lowest BCUT2D eigenvalue weighted by atomic mass is 10.1. The Balaban J connectivity index is 1.93. The molecule has 10 nitrogen and oxygen atoms in total. The van der Waals surface area contributed by atoms with Crippen molar-refractivity contribution in [2.45, 2.75) is 38.4 Å². The third-order valence-electron chi connectivity index (χ3n) is 3.82. The summed E-state index contributed by atoms with van der Waals surface area (Å²) >= 11 is 0. The van der Waals surface area contributed by atoms with Gasteiger partial charge in [-0.15, -0.1) is 0 Å². The number of nitrogens with zero attached hydrogens (tertiary/aromatic N) is 4. The Morgan fingerprint density at radius 1 is 1.25 bits per heavy atom. The van der Waals surface area contributed by atoms with Crippen molar-refractivity contribution in [3.8, 4) is 0 Å². The Bertz CT molecular complexity index is 735. The second-order valence-corrected chi connectivity index (χ2v) is 5.40. The molecule has 0 radical (unpaired) electrons. The van der Waals surface area contributed by atoms with Crippen LogP contribution in [0.3, 0.4) is 0 Å². The highest BCUT2D eigenvalue weighted by molar-refractivity contribution is 5.83. The Morgan fingerprint density at radius 3 is 2.75 bits per heavy atom. The van der Waals surface area contributed by atoms with Crippen LogP contribution in [0.1, 0.15) is 20.1 Å². The van der Waals surface area contributed by atoms with Crippen molar-refractivity contribution >= 4 is 22.9 Å². The van der Waals surface area contributed by atoms with Crippen LogP contribution in [0.25, 0.3) is 11.2 Å². The van der Waals surface area contributed by atoms with Crippen molar-refractivity contribution in [1.29, 1.82) is 0 Å². The lowest BCUT2D eigenvalue weighted by Crippen LogP contribution is -2.42. The SMILES string of the molecule is CCNC(=O)[C@H]1O[C@@H](n2cnc3c(NCC)ncnc32)[C@H](O)[C@@H]1O. The number of hydrogen-bond acceptors (Lipinski definition) is 8. The first kappa shape index (κ1) is 16.6.